The molecule has 0 unspecified atom stereocenters. The van der Waals surface area contributed by atoms with E-state index in [2.05, 4.69) is 33.9 Å². The fourth-order valence-corrected chi connectivity index (χ4v) is 5.92. The zero-order valence-corrected chi connectivity index (χ0v) is 20.1. The first-order valence-electron chi connectivity index (χ1n) is 12.2. The number of carbonyl (C=O) groups excluding carboxylic acids is 1. The van der Waals surface area contributed by atoms with Gasteiger partial charge in [0.15, 0.2) is 0 Å². The zero-order chi connectivity index (χ0) is 23.1. The summed E-state index contributed by atoms with van der Waals surface area (Å²) in [7, 11) is -3.74. The third-order valence-electron chi connectivity index (χ3n) is 6.83. The minimum atomic E-state index is -3.74. The molecule has 7 heteroatoms. The van der Waals surface area contributed by atoms with E-state index >= 15 is 0 Å². The number of benzene rings is 2. The van der Waals surface area contributed by atoms with Crippen molar-refractivity contribution in [2.45, 2.75) is 44.9 Å². The summed E-state index contributed by atoms with van der Waals surface area (Å²) in [5, 5.41) is 0. The Hall–Kier alpha value is -2.54. The van der Waals surface area contributed by atoms with E-state index in [4.69, 9.17) is 0 Å². The van der Waals surface area contributed by atoms with E-state index in [0.717, 1.165) is 44.5 Å². The number of piperidine rings is 2. The quantitative estimate of drug-likeness (QED) is 0.626. The van der Waals surface area contributed by atoms with Crippen LogP contribution < -0.4 is 9.62 Å². The van der Waals surface area contributed by atoms with E-state index in [-0.39, 0.29) is 5.91 Å². The molecule has 33 heavy (non-hydrogen) atoms. The number of hydrogen-bond acceptors (Lipinski definition) is 4. The molecule has 2 aliphatic rings. The molecule has 1 N–H and O–H groups in total. The Morgan fingerprint density at radius 2 is 1.55 bits per heavy atom. The fourth-order valence-electron chi connectivity index (χ4n) is 4.85. The predicted octanol–water partition coefficient (Wildman–Crippen LogP) is 4.29. The van der Waals surface area contributed by atoms with Crippen LogP contribution in [0, 0.1) is 5.92 Å². The van der Waals surface area contributed by atoms with Crippen molar-refractivity contribution >= 4 is 27.3 Å². The molecule has 2 fully saturated rings. The molecule has 2 aliphatic heterocycles. The molecule has 0 saturated carbocycles. The SMILES string of the molecule is O=C(CS(=O)(=O)Nc1ccc(N2CCCCC2)cc1)N1CCC(CCc2ccccc2)CC1. The molecule has 0 bridgehead atoms. The third kappa shape index (κ3) is 6.97. The third-order valence-corrected chi connectivity index (χ3v) is 8.00. The number of carbonyl (C=O) groups is 1. The molecule has 0 spiro atoms. The van der Waals surface area contributed by atoms with Crippen LogP contribution in [-0.4, -0.2) is 51.2 Å². The van der Waals surface area contributed by atoms with Gasteiger partial charge in [0.1, 0.15) is 5.75 Å². The van der Waals surface area contributed by atoms with Gasteiger partial charge in [-0.05, 0) is 80.7 Å². The Kier molecular flexibility index (Phi) is 7.91. The molecule has 2 heterocycles. The van der Waals surface area contributed by atoms with Crippen molar-refractivity contribution in [3.8, 4) is 0 Å². The number of anilines is 2. The van der Waals surface area contributed by atoms with Crippen LogP contribution in [-0.2, 0) is 21.2 Å². The van der Waals surface area contributed by atoms with Crippen LogP contribution >= 0.6 is 0 Å². The van der Waals surface area contributed by atoms with Gasteiger partial charge in [0.25, 0.3) is 0 Å². The van der Waals surface area contributed by atoms with Gasteiger partial charge >= 0.3 is 0 Å². The van der Waals surface area contributed by atoms with Gasteiger partial charge in [-0.25, -0.2) is 8.42 Å². The summed E-state index contributed by atoms with van der Waals surface area (Å²) in [6, 6.07) is 17.9. The summed E-state index contributed by atoms with van der Waals surface area (Å²) in [5.74, 6) is -0.230. The second-order valence-electron chi connectivity index (χ2n) is 9.30. The van der Waals surface area contributed by atoms with Gasteiger partial charge in [-0.15, -0.1) is 0 Å². The minimum Gasteiger partial charge on any atom is -0.372 e. The number of aryl methyl sites for hydroxylation is 1. The van der Waals surface area contributed by atoms with Crippen LogP contribution in [0.3, 0.4) is 0 Å². The molecule has 0 radical (unpaired) electrons. The van der Waals surface area contributed by atoms with E-state index in [0.29, 0.717) is 24.7 Å². The van der Waals surface area contributed by atoms with E-state index in [1.165, 1.54) is 24.8 Å². The zero-order valence-electron chi connectivity index (χ0n) is 19.3. The van der Waals surface area contributed by atoms with Crippen molar-refractivity contribution in [1.29, 1.82) is 0 Å². The highest BCUT2D eigenvalue weighted by Gasteiger charge is 2.26. The molecular formula is C26H35N3O3S. The molecule has 2 saturated heterocycles. The number of sulfonamides is 1. The summed E-state index contributed by atoms with van der Waals surface area (Å²) < 4.78 is 27.8. The lowest BCUT2D eigenvalue weighted by Crippen LogP contribution is -2.42. The maximum atomic E-state index is 12.7. The highest BCUT2D eigenvalue weighted by molar-refractivity contribution is 7.93. The summed E-state index contributed by atoms with van der Waals surface area (Å²) in [5.41, 5.74) is 2.96. The molecule has 0 atom stereocenters. The Labute approximate surface area is 198 Å². The second-order valence-corrected chi connectivity index (χ2v) is 11.0. The fraction of sp³-hybridized carbons (Fsp3) is 0.500. The first-order valence-corrected chi connectivity index (χ1v) is 13.8. The number of likely N-dealkylation sites (tertiary alicyclic amines) is 1. The summed E-state index contributed by atoms with van der Waals surface area (Å²) in [6.07, 6.45) is 7.69. The van der Waals surface area contributed by atoms with Gasteiger partial charge in [0.05, 0.1) is 0 Å². The molecule has 0 aromatic heterocycles. The number of hydrogen-bond donors (Lipinski definition) is 1. The van der Waals surface area contributed by atoms with Gasteiger partial charge in [-0.1, -0.05) is 30.3 Å². The Balaban J connectivity index is 1.22. The van der Waals surface area contributed by atoms with E-state index in [1.54, 1.807) is 17.0 Å². The van der Waals surface area contributed by atoms with Gasteiger partial charge in [-0.3, -0.25) is 9.52 Å². The normalized spacial score (nSPS) is 17.7. The Morgan fingerprint density at radius 1 is 0.879 bits per heavy atom. The molecule has 4 rings (SSSR count). The lowest BCUT2D eigenvalue weighted by atomic mass is 9.90. The Bertz CT molecular complexity index is 995. The topological polar surface area (TPSA) is 69.7 Å². The van der Waals surface area contributed by atoms with Crippen molar-refractivity contribution < 1.29 is 13.2 Å². The maximum absolute atomic E-state index is 12.7. The first kappa shape index (κ1) is 23.6. The van der Waals surface area contributed by atoms with Crippen LogP contribution in [0.2, 0.25) is 0 Å². The number of rotatable bonds is 8. The average molecular weight is 470 g/mol. The van der Waals surface area contributed by atoms with Crippen LogP contribution in [0.1, 0.15) is 44.1 Å². The maximum Gasteiger partial charge on any atom is 0.241 e. The molecule has 0 aliphatic carbocycles. The number of nitrogens with one attached hydrogen (secondary N) is 1. The predicted molar refractivity (Wildman–Crippen MR) is 134 cm³/mol. The summed E-state index contributed by atoms with van der Waals surface area (Å²) in [6.45, 7) is 3.36. The lowest BCUT2D eigenvalue weighted by molar-refractivity contribution is -0.129. The van der Waals surface area contributed by atoms with Gasteiger partial charge < -0.3 is 9.80 Å². The van der Waals surface area contributed by atoms with Crippen molar-refractivity contribution in [3.63, 3.8) is 0 Å². The van der Waals surface area contributed by atoms with E-state index < -0.39 is 15.8 Å². The monoisotopic (exact) mass is 469 g/mol. The Morgan fingerprint density at radius 3 is 2.21 bits per heavy atom. The highest BCUT2D eigenvalue weighted by atomic mass is 32.2. The number of nitrogens with zero attached hydrogens (tertiary/aromatic N) is 2. The van der Waals surface area contributed by atoms with Crippen molar-refractivity contribution in [2.75, 3.05) is 41.6 Å². The van der Waals surface area contributed by atoms with Crippen LogP contribution in [0.15, 0.2) is 54.6 Å². The average Bonchev–Trinajstić information content (AvgIpc) is 2.84. The molecule has 6 nitrogen and oxygen atoms in total. The molecule has 1 amide bonds. The van der Waals surface area contributed by atoms with Gasteiger partial charge in [-0.2, -0.15) is 0 Å². The molecular weight excluding hydrogens is 434 g/mol. The first-order chi connectivity index (χ1) is 16.0. The molecule has 2 aromatic carbocycles. The van der Waals surface area contributed by atoms with E-state index in [1.807, 2.05) is 18.2 Å². The van der Waals surface area contributed by atoms with Gasteiger partial charge in [0, 0.05) is 37.6 Å². The highest BCUT2D eigenvalue weighted by Crippen LogP contribution is 2.24. The van der Waals surface area contributed by atoms with Crippen molar-refractivity contribution in [2.24, 2.45) is 5.92 Å². The smallest absolute Gasteiger partial charge is 0.241 e. The van der Waals surface area contributed by atoms with Crippen molar-refractivity contribution in [1.82, 2.24) is 4.90 Å². The van der Waals surface area contributed by atoms with Crippen molar-refractivity contribution in [3.05, 3.63) is 60.2 Å². The lowest BCUT2D eigenvalue weighted by Gasteiger charge is -2.32. The minimum absolute atomic E-state index is 0.311. The molecule has 2 aromatic rings. The largest absolute Gasteiger partial charge is 0.372 e. The summed E-state index contributed by atoms with van der Waals surface area (Å²) in [4.78, 5) is 16.7. The summed E-state index contributed by atoms with van der Waals surface area (Å²) >= 11 is 0. The number of amides is 1. The van der Waals surface area contributed by atoms with Crippen LogP contribution in [0.25, 0.3) is 0 Å². The van der Waals surface area contributed by atoms with Gasteiger partial charge in [0.2, 0.25) is 15.9 Å². The van der Waals surface area contributed by atoms with Crippen LogP contribution in [0.5, 0.6) is 0 Å². The molecule has 178 valence electrons. The second kappa shape index (κ2) is 11.1. The van der Waals surface area contributed by atoms with Crippen LogP contribution in [0.4, 0.5) is 11.4 Å². The van der Waals surface area contributed by atoms with E-state index in [9.17, 15) is 13.2 Å². The standard InChI is InChI=1S/C26H35N3O3S/c30-26(29-19-15-23(16-20-29)10-9-22-7-3-1-4-8-22)21-33(31,32)27-24-11-13-25(14-12-24)28-17-5-2-6-18-28/h1,3-4,7-8,11-14,23,27H,2,5-6,9-10,15-21H2.